The van der Waals surface area contributed by atoms with E-state index in [1.807, 2.05) is 42.5 Å². The summed E-state index contributed by atoms with van der Waals surface area (Å²) in [5.74, 6) is 1.58. The summed E-state index contributed by atoms with van der Waals surface area (Å²) >= 11 is 3.47. The Labute approximate surface area is 157 Å². The predicted molar refractivity (Wildman–Crippen MR) is 105 cm³/mol. The van der Waals surface area contributed by atoms with Crippen LogP contribution in [0.15, 0.2) is 46.9 Å². The lowest BCUT2D eigenvalue weighted by atomic mass is 10.0. The number of hydrogen-bond acceptors (Lipinski definition) is 3. The number of nitrogens with one attached hydrogen (secondary N) is 1. The molecule has 0 heterocycles. The molecule has 0 radical (unpaired) electrons. The van der Waals surface area contributed by atoms with Gasteiger partial charge in [0.05, 0.1) is 6.61 Å². The van der Waals surface area contributed by atoms with E-state index in [-0.39, 0.29) is 12.5 Å². The number of rotatable bonds is 8. The van der Waals surface area contributed by atoms with E-state index in [0.29, 0.717) is 18.2 Å². The van der Waals surface area contributed by atoms with Crippen LogP contribution < -0.4 is 14.8 Å². The third kappa shape index (κ3) is 6.09. The zero-order valence-corrected chi connectivity index (χ0v) is 16.4. The van der Waals surface area contributed by atoms with E-state index in [2.05, 4.69) is 42.0 Å². The second-order valence-electron chi connectivity index (χ2n) is 6.05. The van der Waals surface area contributed by atoms with Crippen LogP contribution in [0.25, 0.3) is 0 Å². The average Bonchev–Trinajstić information content (AvgIpc) is 2.59. The van der Waals surface area contributed by atoms with Gasteiger partial charge in [0.15, 0.2) is 6.61 Å². The highest BCUT2D eigenvalue weighted by Gasteiger charge is 2.11. The molecule has 0 spiro atoms. The number of carbonyl (C=O) groups is 1. The number of halogens is 1. The molecule has 0 aromatic heterocycles. The van der Waals surface area contributed by atoms with Crippen molar-refractivity contribution in [2.24, 2.45) is 0 Å². The van der Waals surface area contributed by atoms with Crippen molar-refractivity contribution >= 4 is 27.5 Å². The van der Waals surface area contributed by atoms with Gasteiger partial charge in [0, 0.05) is 16.2 Å². The molecule has 2 aromatic carbocycles. The van der Waals surface area contributed by atoms with Gasteiger partial charge in [-0.3, -0.25) is 4.79 Å². The van der Waals surface area contributed by atoms with Gasteiger partial charge in [-0.15, -0.1) is 0 Å². The first kappa shape index (κ1) is 19.3. The van der Waals surface area contributed by atoms with Crippen LogP contribution in [-0.2, 0) is 4.79 Å². The molecule has 2 aromatic rings. The van der Waals surface area contributed by atoms with E-state index >= 15 is 0 Å². The van der Waals surface area contributed by atoms with Crippen LogP contribution in [0, 0.1) is 0 Å². The zero-order valence-electron chi connectivity index (χ0n) is 14.8. The Balaban J connectivity index is 1.95. The van der Waals surface area contributed by atoms with Crippen molar-refractivity contribution in [2.45, 2.75) is 33.1 Å². The lowest BCUT2D eigenvalue weighted by molar-refractivity contribution is -0.118. The summed E-state index contributed by atoms with van der Waals surface area (Å²) in [6.07, 6.45) is 0.940. The number of amides is 1. The van der Waals surface area contributed by atoms with Crippen molar-refractivity contribution in [1.82, 2.24) is 0 Å². The quantitative estimate of drug-likeness (QED) is 0.641. The van der Waals surface area contributed by atoms with Crippen LogP contribution >= 0.6 is 15.9 Å². The molecule has 0 unspecified atom stereocenters. The lowest BCUT2D eigenvalue weighted by Crippen LogP contribution is -2.20. The predicted octanol–water partition coefficient (Wildman–Crippen LogP) is 5.38. The Bertz CT molecular complexity index is 716. The van der Waals surface area contributed by atoms with Crippen molar-refractivity contribution in [1.29, 1.82) is 0 Å². The number of anilines is 1. The van der Waals surface area contributed by atoms with Crippen LogP contribution in [0.1, 0.15) is 38.7 Å². The van der Waals surface area contributed by atoms with Gasteiger partial charge >= 0.3 is 0 Å². The summed E-state index contributed by atoms with van der Waals surface area (Å²) < 4.78 is 12.3. The van der Waals surface area contributed by atoms with Gasteiger partial charge < -0.3 is 14.8 Å². The molecule has 0 aliphatic rings. The Morgan fingerprint density at radius 3 is 2.68 bits per heavy atom. The van der Waals surface area contributed by atoms with Gasteiger partial charge in [0.2, 0.25) is 0 Å². The Kier molecular flexibility index (Phi) is 7.31. The smallest absolute Gasteiger partial charge is 0.262 e. The maximum Gasteiger partial charge on any atom is 0.262 e. The van der Waals surface area contributed by atoms with E-state index < -0.39 is 0 Å². The Morgan fingerprint density at radius 1 is 1.16 bits per heavy atom. The monoisotopic (exact) mass is 405 g/mol. The summed E-state index contributed by atoms with van der Waals surface area (Å²) in [4.78, 5) is 12.2. The van der Waals surface area contributed by atoms with Crippen LogP contribution in [-0.4, -0.2) is 19.1 Å². The fraction of sp³-hybridized carbons (Fsp3) is 0.350. The Morgan fingerprint density at radius 2 is 1.96 bits per heavy atom. The van der Waals surface area contributed by atoms with Crippen LogP contribution in [0.2, 0.25) is 0 Å². The van der Waals surface area contributed by atoms with Crippen molar-refractivity contribution in [3.8, 4) is 11.5 Å². The average molecular weight is 406 g/mol. The minimum absolute atomic E-state index is 0.0403. The first-order chi connectivity index (χ1) is 12.0. The molecule has 5 heteroatoms. The van der Waals surface area contributed by atoms with Gasteiger partial charge in [-0.1, -0.05) is 42.8 Å². The van der Waals surface area contributed by atoms with Crippen LogP contribution in [0.3, 0.4) is 0 Å². The van der Waals surface area contributed by atoms with Crippen molar-refractivity contribution in [3.05, 3.63) is 52.5 Å². The van der Waals surface area contributed by atoms with E-state index in [1.165, 1.54) is 0 Å². The molecule has 134 valence electrons. The molecular weight excluding hydrogens is 382 g/mol. The molecule has 1 amide bonds. The SMILES string of the molecule is CCCOc1cccc(NC(=O)COc2ccc(Br)cc2C(C)C)c1. The van der Waals surface area contributed by atoms with E-state index in [4.69, 9.17) is 9.47 Å². The summed E-state index contributed by atoms with van der Waals surface area (Å²) in [6, 6.07) is 13.2. The maximum absolute atomic E-state index is 12.2. The second-order valence-corrected chi connectivity index (χ2v) is 6.97. The third-order valence-corrected chi connectivity index (χ3v) is 4.04. The standard InChI is InChI=1S/C20H24BrNO3/c1-4-10-24-17-7-5-6-16(12-17)22-20(23)13-25-19-9-8-15(21)11-18(19)14(2)3/h5-9,11-12,14H,4,10,13H2,1-3H3,(H,22,23). The first-order valence-electron chi connectivity index (χ1n) is 8.44. The van der Waals surface area contributed by atoms with Crippen molar-refractivity contribution in [3.63, 3.8) is 0 Å². The molecular formula is C20H24BrNO3. The molecule has 25 heavy (non-hydrogen) atoms. The third-order valence-electron chi connectivity index (χ3n) is 3.54. The van der Waals surface area contributed by atoms with E-state index in [0.717, 1.165) is 28.0 Å². The minimum atomic E-state index is -0.203. The molecule has 2 rings (SSSR count). The zero-order chi connectivity index (χ0) is 18.2. The fourth-order valence-electron chi connectivity index (χ4n) is 2.33. The normalized spacial score (nSPS) is 10.6. The number of benzene rings is 2. The van der Waals surface area contributed by atoms with Crippen molar-refractivity contribution in [2.75, 3.05) is 18.5 Å². The van der Waals surface area contributed by atoms with Gasteiger partial charge in [-0.2, -0.15) is 0 Å². The van der Waals surface area contributed by atoms with Crippen LogP contribution in [0.5, 0.6) is 11.5 Å². The second kappa shape index (κ2) is 9.47. The summed E-state index contributed by atoms with van der Waals surface area (Å²) in [5.41, 5.74) is 1.76. The fourth-order valence-corrected chi connectivity index (χ4v) is 2.70. The molecule has 0 saturated heterocycles. The molecule has 0 aliphatic heterocycles. The van der Waals surface area contributed by atoms with Gasteiger partial charge in [-0.05, 0) is 48.2 Å². The topological polar surface area (TPSA) is 47.6 Å². The molecule has 0 fully saturated rings. The highest BCUT2D eigenvalue weighted by molar-refractivity contribution is 9.10. The highest BCUT2D eigenvalue weighted by atomic mass is 79.9. The molecule has 0 saturated carbocycles. The lowest BCUT2D eigenvalue weighted by Gasteiger charge is -2.14. The summed E-state index contributed by atoms with van der Waals surface area (Å²) in [5, 5.41) is 2.84. The molecule has 0 aliphatic carbocycles. The molecule has 1 N–H and O–H groups in total. The number of hydrogen-bond donors (Lipinski definition) is 1. The highest BCUT2D eigenvalue weighted by Crippen LogP contribution is 2.29. The van der Waals surface area contributed by atoms with Gasteiger partial charge in [0.25, 0.3) is 5.91 Å². The van der Waals surface area contributed by atoms with Gasteiger partial charge in [0.1, 0.15) is 11.5 Å². The molecule has 4 nitrogen and oxygen atoms in total. The maximum atomic E-state index is 12.2. The van der Waals surface area contributed by atoms with Gasteiger partial charge in [-0.25, -0.2) is 0 Å². The van der Waals surface area contributed by atoms with Crippen LogP contribution in [0.4, 0.5) is 5.69 Å². The summed E-state index contributed by atoms with van der Waals surface area (Å²) in [6.45, 7) is 6.85. The minimum Gasteiger partial charge on any atom is -0.494 e. The summed E-state index contributed by atoms with van der Waals surface area (Å²) in [7, 11) is 0. The van der Waals surface area contributed by atoms with E-state index in [1.54, 1.807) is 0 Å². The molecule has 0 atom stereocenters. The number of ether oxygens (including phenoxy) is 2. The van der Waals surface area contributed by atoms with E-state index in [9.17, 15) is 4.79 Å². The Hall–Kier alpha value is -2.01. The molecule has 0 bridgehead atoms. The van der Waals surface area contributed by atoms with Crippen molar-refractivity contribution < 1.29 is 14.3 Å². The number of carbonyl (C=O) groups excluding carboxylic acids is 1. The largest absolute Gasteiger partial charge is 0.494 e. The first-order valence-corrected chi connectivity index (χ1v) is 9.24.